The molecule has 0 amide bonds. The number of hydrogen-bond donors (Lipinski definition) is 0. The zero-order valence-corrected chi connectivity index (χ0v) is 11.0. The molecule has 0 aromatic carbocycles. The van der Waals surface area contributed by atoms with E-state index in [1.165, 1.54) is 6.33 Å². The van der Waals surface area contributed by atoms with Crippen molar-refractivity contribution in [2.45, 2.75) is 23.8 Å². The molecule has 76 valence electrons. The highest BCUT2D eigenvalue weighted by atomic mass is 127. The summed E-state index contributed by atoms with van der Waals surface area (Å²) in [7, 11) is 0. The Labute approximate surface area is 102 Å². The highest BCUT2D eigenvalue weighted by Crippen LogP contribution is 2.42. The van der Waals surface area contributed by atoms with Crippen LogP contribution in [0, 0.1) is 0 Å². The molecule has 5 heteroatoms. The summed E-state index contributed by atoms with van der Waals surface area (Å²) in [5.41, 5.74) is 1.09. The first-order valence-corrected chi connectivity index (χ1v) is 6.14. The average molecular weight is 324 g/mol. The Morgan fingerprint density at radius 3 is 2.93 bits per heavy atom. The van der Waals surface area contributed by atoms with Crippen LogP contribution in [-0.2, 0) is 0 Å². The van der Waals surface area contributed by atoms with Gasteiger partial charge in [0.25, 0.3) is 0 Å². The number of hydrogen-bond acceptors (Lipinski definition) is 3. The maximum absolute atomic E-state index is 6.05. The van der Waals surface area contributed by atoms with Crippen molar-refractivity contribution in [3.8, 4) is 0 Å². The Kier molecular flexibility index (Phi) is 2.83. The number of rotatable bonds is 1. The van der Waals surface area contributed by atoms with Crippen LogP contribution in [0.4, 0.5) is 5.82 Å². The molecule has 1 unspecified atom stereocenters. The lowest BCUT2D eigenvalue weighted by Crippen LogP contribution is -2.29. The number of nitrogens with zero attached hydrogens (tertiary/aromatic N) is 3. The van der Waals surface area contributed by atoms with Crippen LogP contribution in [0.1, 0.15) is 23.3 Å². The topological polar surface area (TPSA) is 29.0 Å². The second-order valence-electron chi connectivity index (χ2n) is 3.62. The summed E-state index contributed by atoms with van der Waals surface area (Å²) in [6, 6.07) is 0.458. The molecule has 0 radical (unpaired) electrons. The molecule has 1 aromatic rings. The van der Waals surface area contributed by atoms with Crippen LogP contribution in [0.3, 0.4) is 0 Å². The predicted octanol–water partition coefficient (Wildman–Crippen LogP) is 2.83. The standard InChI is InChI=1S/C9H11ClIN3/c1-5(2)14-3-6(11)7-8(10)12-4-13-9(7)14/h4-6H,3H2,1-2H3. The minimum absolute atomic E-state index is 0.402. The van der Waals surface area contributed by atoms with Crippen LogP contribution >= 0.6 is 34.2 Å². The molecule has 1 aliphatic rings. The molecular formula is C9H11ClIN3. The van der Waals surface area contributed by atoms with Crippen molar-refractivity contribution in [1.82, 2.24) is 9.97 Å². The Balaban J connectivity index is 2.49. The summed E-state index contributed by atoms with van der Waals surface area (Å²) < 4.78 is 0.402. The van der Waals surface area contributed by atoms with E-state index in [9.17, 15) is 0 Å². The fraction of sp³-hybridized carbons (Fsp3) is 0.556. The second-order valence-corrected chi connectivity index (χ2v) is 5.48. The predicted molar refractivity (Wildman–Crippen MR) is 66.3 cm³/mol. The highest BCUT2D eigenvalue weighted by Gasteiger charge is 2.32. The molecule has 0 spiro atoms. The molecule has 1 aliphatic heterocycles. The van der Waals surface area contributed by atoms with Crippen LogP contribution in [0.25, 0.3) is 0 Å². The minimum Gasteiger partial charge on any atom is -0.352 e. The van der Waals surface area contributed by atoms with Gasteiger partial charge in [-0.1, -0.05) is 34.2 Å². The van der Waals surface area contributed by atoms with Gasteiger partial charge in [-0.15, -0.1) is 0 Å². The van der Waals surface area contributed by atoms with E-state index in [0.717, 1.165) is 17.9 Å². The van der Waals surface area contributed by atoms with Crippen LogP contribution in [-0.4, -0.2) is 22.6 Å². The van der Waals surface area contributed by atoms with Gasteiger partial charge in [0, 0.05) is 18.2 Å². The SMILES string of the molecule is CC(C)N1CC(I)c2c(Cl)ncnc21. The molecule has 1 aromatic heterocycles. The molecule has 14 heavy (non-hydrogen) atoms. The average Bonchev–Trinajstić information content (AvgIpc) is 2.45. The third-order valence-corrected chi connectivity index (χ3v) is 3.70. The fourth-order valence-electron chi connectivity index (χ4n) is 1.67. The molecule has 0 fully saturated rings. The Morgan fingerprint density at radius 2 is 2.29 bits per heavy atom. The third kappa shape index (κ3) is 1.58. The van der Waals surface area contributed by atoms with Gasteiger partial charge in [0.1, 0.15) is 17.3 Å². The minimum atomic E-state index is 0.402. The second kappa shape index (κ2) is 3.81. The Bertz CT molecular complexity index is 356. The Morgan fingerprint density at radius 1 is 1.57 bits per heavy atom. The lowest BCUT2D eigenvalue weighted by Gasteiger charge is -2.22. The molecule has 0 saturated carbocycles. The van der Waals surface area contributed by atoms with Gasteiger partial charge in [-0.3, -0.25) is 0 Å². The Hall–Kier alpha value is -0.100. The highest BCUT2D eigenvalue weighted by molar-refractivity contribution is 14.1. The van der Waals surface area contributed by atoms with Crippen molar-refractivity contribution in [2.24, 2.45) is 0 Å². The summed E-state index contributed by atoms with van der Waals surface area (Å²) in [5, 5.41) is 0.595. The molecule has 0 N–H and O–H groups in total. The molecular weight excluding hydrogens is 312 g/mol. The molecule has 3 nitrogen and oxygen atoms in total. The van der Waals surface area contributed by atoms with Gasteiger partial charge in [0.05, 0.1) is 3.92 Å². The lowest BCUT2D eigenvalue weighted by molar-refractivity contribution is 0.703. The zero-order chi connectivity index (χ0) is 10.3. The summed E-state index contributed by atoms with van der Waals surface area (Å²) in [4.78, 5) is 10.6. The van der Waals surface area contributed by atoms with E-state index in [-0.39, 0.29) is 0 Å². The monoisotopic (exact) mass is 323 g/mol. The first-order chi connectivity index (χ1) is 6.61. The van der Waals surface area contributed by atoms with Crippen LogP contribution < -0.4 is 4.90 Å². The molecule has 2 rings (SSSR count). The summed E-state index contributed by atoms with van der Waals surface area (Å²) in [6.07, 6.45) is 1.53. The fourth-order valence-corrected chi connectivity index (χ4v) is 3.11. The van der Waals surface area contributed by atoms with E-state index in [1.54, 1.807) is 0 Å². The molecule has 0 saturated heterocycles. The van der Waals surface area contributed by atoms with Gasteiger partial charge in [0.2, 0.25) is 0 Å². The van der Waals surface area contributed by atoms with Gasteiger partial charge in [-0.05, 0) is 13.8 Å². The maximum atomic E-state index is 6.05. The van der Waals surface area contributed by atoms with E-state index in [1.807, 2.05) is 0 Å². The number of fused-ring (bicyclic) bond motifs is 1. The molecule has 0 bridgehead atoms. The summed E-state index contributed by atoms with van der Waals surface area (Å²) >= 11 is 8.44. The van der Waals surface area contributed by atoms with Gasteiger partial charge >= 0.3 is 0 Å². The first kappa shape index (κ1) is 10.4. The number of halogens is 2. The van der Waals surface area contributed by atoms with Gasteiger partial charge in [0.15, 0.2) is 0 Å². The van der Waals surface area contributed by atoms with E-state index in [4.69, 9.17) is 11.6 Å². The van der Waals surface area contributed by atoms with Crippen LogP contribution in [0.2, 0.25) is 5.15 Å². The van der Waals surface area contributed by atoms with Crippen molar-refractivity contribution in [3.63, 3.8) is 0 Å². The number of aromatic nitrogens is 2. The lowest BCUT2D eigenvalue weighted by atomic mass is 10.3. The van der Waals surface area contributed by atoms with Gasteiger partial charge < -0.3 is 4.90 Å². The van der Waals surface area contributed by atoms with Crippen molar-refractivity contribution in [3.05, 3.63) is 17.0 Å². The van der Waals surface area contributed by atoms with Crippen LogP contribution in [0.5, 0.6) is 0 Å². The van der Waals surface area contributed by atoms with Crippen molar-refractivity contribution in [1.29, 1.82) is 0 Å². The number of anilines is 1. The van der Waals surface area contributed by atoms with Gasteiger partial charge in [-0.2, -0.15) is 0 Å². The first-order valence-electron chi connectivity index (χ1n) is 4.52. The van der Waals surface area contributed by atoms with Crippen molar-refractivity contribution in [2.75, 3.05) is 11.4 Å². The largest absolute Gasteiger partial charge is 0.352 e. The summed E-state index contributed by atoms with van der Waals surface area (Å²) in [5.74, 6) is 0.999. The van der Waals surface area contributed by atoms with Crippen molar-refractivity contribution >= 4 is 40.0 Å². The smallest absolute Gasteiger partial charge is 0.138 e. The normalized spacial score (nSPS) is 20.4. The van der Waals surface area contributed by atoms with E-state index >= 15 is 0 Å². The zero-order valence-electron chi connectivity index (χ0n) is 8.04. The third-order valence-electron chi connectivity index (χ3n) is 2.38. The maximum Gasteiger partial charge on any atom is 0.138 e. The summed E-state index contributed by atoms with van der Waals surface area (Å²) in [6.45, 7) is 5.30. The van der Waals surface area contributed by atoms with E-state index in [0.29, 0.717) is 15.1 Å². The molecule has 2 heterocycles. The quantitative estimate of drug-likeness (QED) is 0.452. The van der Waals surface area contributed by atoms with E-state index in [2.05, 4.69) is 51.3 Å². The molecule has 1 atom stereocenters. The van der Waals surface area contributed by atoms with Crippen molar-refractivity contribution < 1.29 is 0 Å². The van der Waals surface area contributed by atoms with E-state index < -0.39 is 0 Å². The van der Waals surface area contributed by atoms with Gasteiger partial charge in [-0.25, -0.2) is 9.97 Å². The number of alkyl halides is 1. The van der Waals surface area contributed by atoms with Crippen LogP contribution in [0.15, 0.2) is 6.33 Å². The molecule has 0 aliphatic carbocycles.